The molecule has 0 saturated heterocycles. The highest BCUT2D eigenvalue weighted by Crippen LogP contribution is 2.00. The number of hydrogen-bond donors (Lipinski definition) is 2. The molecular weight excluding hydrogens is 228 g/mol. The van der Waals surface area contributed by atoms with Gasteiger partial charge in [-0.1, -0.05) is 0 Å². The van der Waals surface area contributed by atoms with Crippen molar-refractivity contribution in [1.29, 1.82) is 0 Å². The first kappa shape index (κ1) is 15.1. The van der Waals surface area contributed by atoms with Crippen molar-refractivity contribution in [3.63, 3.8) is 0 Å². The number of hydrogen-bond acceptors (Lipinski definition) is 3. The number of urea groups is 1. The van der Waals surface area contributed by atoms with E-state index in [1.807, 2.05) is 13.2 Å². The molecule has 0 radical (unpaired) electrons. The fourth-order valence-corrected chi connectivity index (χ4v) is 1.75. The molecule has 16 heavy (non-hydrogen) atoms. The second-order valence-electron chi connectivity index (χ2n) is 3.54. The predicted molar refractivity (Wildman–Crippen MR) is 65.9 cm³/mol. The minimum atomic E-state index is -0.992. The third-order valence-corrected chi connectivity index (χ3v) is 2.76. The summed E-state index contributed by atoms with van der Waals surface area (Å²) in [4.78, 5) is 23.4. The Kier molecular flexibility index (Phi) is 7.80. The van der Waals surface area contributed by atoms with E-state index in [0.29, 0.717) is 6.54 Å². The summed E-state index contributed by atoms with van der Waals surface area (Å²) in [6.07, 6.45) is 2.90. The van der Waals surface area contributed by atoms with Crippen LogP contribution < -0.4 is 5.32 Å². The third-order valence-electron chi connectivity index (χ3n) is 2.12. The van der Waals surface area contributed by atoms with Gasteiger partial charge < -0.3 is 15.3 Å². The van der Waals surface area contributed by atoms with Gasteiger partial charge in [0.15, 0.2) is 0 Å². The molecule has 0 saturated carbocycles. The zero-order valence-corrected chi connectivity index (χ0v) is 10.8. The highest BCUT2D eigenvalue weighted by Gasteiger charge is 2.16. The SMILES string of the molecule is CCN(CC(=O)O)C(=O)NC(C)CCSC. The largest absolute Gasteiger partial charge is 0.480 e. The summed E-state index contributed by atoms with van der Waals surface area (Å²) in [5.74, 6) is -0.0132. The summed E-state index contributed by atoms with van der Waals surface area (Å²) in [5, 5.41) is 11.4. The van der Waals surface area contributed by atoms with Crippen LogP contribution in [-0.4, -0.2) is 53.1 Å². The van der Waals surface area contributed by atoms with E-state index in [9.17, 15) is 9.59 Å². The molecule has 0 aromatic heterocycles. The predicted octanol–water partition coefficient (Wildman–Crippen LogP) is 1.24. The average molecular weight is 248 g/mol. The van der Waals surface area contributed by atoms with E-state index in [4.69, 9.17) is 5.11 Å². The molecule has 0 heterocycles. The highest BCUT2D eigenvalue weighted by atomic mass is 32.2. The van der Waals surface area contributed by atoms with Gasteiger partial charge in [-0.15, -0.1) is 0 Å². The Morgan fingerprint density at radius 1 is 1.50 bits per heavy atom. The van der Waals surface area contributed by atoms with Gasteiger partial charge in [-0.3, -0.25) is 4.79 Å². The lowest BCUT2D eigenvalue weighted by Crippen LogP contribution is -2.45. The molecule has 2 N–H and O–H groups in total. The van der Waals surface area contributed by atoms with Gasteiger partial charge >= 0.3 is 12.0 Å². The van der Waals surface area contributed by atoms with E-state index in [0.717, 1.165) is 12.2 Å². The summed E-state index contributed by atoms with van der Waals surface area (Å²) in [6, 6.07) is -0.235. The highest BCUT2D eigenvalue weighted by molar-refractivity contribution is 7.98. The number of thioether (sulfide) groups is 1. The van der Waals surface area contributed by atoms with Gasteiger partial charge in [0.2, 0.25) is 0 Å². The number of carboxylic acids is 1. The molecular formula is C10H20N2O3S. The van der Waals surface area contributed by atoms with Crippen molar-refractivity contribution in [2.45, 2.75) is 26.3 Å². The topological polar surface area (TPSA) is 69.6 Å². The van der Waals surface area contributed by atoms with Crippen LogP contribution >= 0.6 is 11.8 Å². The lowest BCUT2D eigenvalue weighted by atomic mass is 10.3. The maximum absolute atomic E-state index is 11.6. The summed E-state index contributed by atoms with van der Waals surface area (Å²) in [7, 11) is 0. The van der Waals surface area contributed by atoms with Crippen LogP contribution in [0, 0.1) is 0 Å². The molecule has 94 valence electrons. The number of carbonyl (C=O) groups excluding carboxylic acids is 1. The summed E-state index contributed by atoms with van der Waals surface area (Å²) in [6.45, 7) is 3.82. The zero-order valence-electron chi connectivity index (χ0n) is 10.0. The molecule has 0 fully saturated rings. The zero-order chi connectivity index (χ0) is 12.6. The molecule has 0 aliphatic carbocycles. The molecule has 1 atom stereocenters. The second kappa shape index (κ2) is 8.27. The van der Waals surface area contributed by atoms with Gasteiger partial charge in [-0.2, -0.15) is 11.8 Å². The maximum atomic E-state index is 11.6. The first-order chi connectivity index (χ1) is 7.51. The lowest BCUT2D eigenvalue weighted by molar-refractivity contribution is -0.137. The van der Waals surface area contributed by atoms with Gasteiger partial charge in [0, 0.05) is 12.6 Å². The summed E-state index contributed by atoms with van der Waals surface area (Å²) >= 11 is 1.72. The van der Waals surface area contributed by atoms with Crippen molar-refractivity contribution in [2.75, 3.05) is 25.1 Å². The molecule has 0 aliphatic rings. The van der Waals surface area contributed by atoms with Crippen molar-refractivity contribution in [1.82, 2.24) is 10.2 Å². The van der Waals surface area contributed by atoms with Crippen LogP contribution in [0.1, 0.15) is 20.3 Å². The minimum Gasteiger partial charge on any atom is -0.480 e. The average Bonchev–Trinajstić information content (AvgIpc) is 2.22. The number of nitrogens with one attached hydrogen (secondary N) is 1. The molecule has 2 amide bonds. The van der Waals surface area contributed by atoms with Gasteiger partial charge in [-0.25, -0.2) is 4.79 Å². The Hall–Kier alpha value is -0.910. The number of likely N-dealkylation sites (N-methyl/N-ethyl adjacent to an activating group) is 1. The molecule has 5 nitrogen and oxygen atoms in total. The van der Waals surface area contributed by atoms with Crippen molar-refractivity contribution in [2.24, 2.45) is 0 Å². The quantitative estimate of drug-likeness (QED) is 0.711. The van der Waals surface area contributed by atoms with E-state index < -0.39 is 5.97 Å². The molecule has 0 rings (SSSR count). The van der Waals surface area contributed by atoms with E-state index in [1.54, 1.807) is 18.7 Å². The normalized spacial score (nSPS) is 11.9. The minimum absolute atomic E-state index is 0.0720. The van der Waals surface area contributed by atoms with Crippen LogP contribution in [-0.2, 0) is 4.79 Å². The van der Waals surface area contributed by atoms with Crippen LogP contribution in [0.25, 0.3) is 0 Å². The fourth-order valence-electron chi connectivity index (χ4n) is 1.16. The molecule has 0 aliphatic heterocycles. The summed E-state index contributed by atoms with van der Waals surface area (Å²) in [5.41, 5.74) is 0. The third kappa shape index (κ3) is 6.55. The van der Waals surface area contributed by atoms with Crippen molar-refractivity contribution >= 4 is 23.8 Å². The molecule has 6 heteroatoms. The number of nitrogens with zero attached hydrogens (tertiary/aromatic N) is 1. The number of amides is 2. The van der Waals surface area contributed by atoms with E-state index >= 15 is 0 Å². The molecule has 0 aromatic rings. The maximum Gasteiger partial charge on any atom is 0.323 e. The van der Waals surface area contributed by atoms with Gasteiger partial charge in [-0.05, 0) is 32.3 Å². The Morgan fingerprint density at radius 2 is 2.12 bits per heavy atom. The monoisotopic (exact) mass is 248 g/mol. The van der Waals surface area contributed by atoms with E-state index in [-0.39, 0.29) is 18.6 Å². The Bertz CT molecular complexity index is 236. The van der Waals surface area contributed by atoms with Gasteiger partial charge in [0.1, 0.15) is 6.54 Å². The van der Waals surface area contributed by atoms with E-state index in [2.05, 4.69) is 5.32 Å². The van der Waals surface area contributed by atoms with Crippen molar-refractivity contribution in [3.05, 3.63) is 0 Å². The number of rotatable bonds is 7. The van der Waals surface area contributed by atoms with Crippen LogP contribution in [0.15, 0.2) is 0 Å². The first-order valence-corrected chi connectivity index (χ1v) is 6.66. The Morgan fingerprint density at radius 3 is 2.56 bits per heavy atom. The number of carbonyl (C=O) groups is 2. The fraction of sp³-hybridized carbons (Fsp3) is 0.800. The Labute approximate surface area is 101 Å². The van der Waals surface area contributed by atoms with Crippen LogP contribution in [0.4, 0.5) is 4.79 Å². The lowest BCUT2D eigenvalue weighted by Gasteiger charge is -2.22. The first-order valence-electron chi connectivity index (χ1n) is 5.27. The van der Waals surface area contributed by atoms with Crippen LogP contribution in [0.5, 0.6) is 0 Å². The van der Waals surface area contributed by atoms with E-state index in [1.165, 1.54) is 4.90 Å². The van der Waals surface area contributed by atoms with Gasteiger partial charge in [0.05, 0.1) is 0 Å². The number of aliphatic carboxylic acids is 1. The van der Waals surface area contributed by atoms with Crippen LogP contribution in [0.3, 0.4) is 0 Å². The van der Waals surface area contributed by atoms with Gasteiger partial charge in [0.25, 0.3) is 0 Å². The summed E-state index contributed by atoms with van der Waals surface area (Å²) < 4.78 is 0. The molecule has 0 spiro atoms. The smallest absolute Gasteiger partial charge is 0.323 e. The van der Waals surface area contributed by atoms with Crippen LogP contribution in [0.2, 0.25) is 0 Å². The Balaban J connectivity index is 4.04. The molecule has 0 aromatic carbocycles. The number of carboxylic acid groups (broad SMARTS) is 1. The standard InChI is InChI=1S/C10H20N2O3S/c1-4-12(7-9(13)14)10(15)11-8(2)5-6-16-3/h8H,4-7H2,1-3H3,(H,11,15)(H,13,14). The van der Waals surface area contributed by atoms with Crippen molar-refractivity contribution < 1.29 is 14.7 Å². The molecule has 1 unspecified atom stereocenters. The molecule has 0 bridgehead atoms. The van der Waals surface area contributed by atoms with Crippen molar-refractivity contribution in [3.8, 4) is 0 Å². The second-order valence-corrected chi connectivity index (χ2v) is 4.53.